The number of benzene rings is 2. The van der Waals surface area contributed by atoms with Crippen LogP contribution in [-0.4, -0.2) is 36.5 Å². The average molecular weight is 353 g/mol. The van der Waals surface area contributed by atoms with Crippen LogP contribution in [0.1, 0.15) is 46.5 Å². The number of carbonyl (C=O) groups is 2. The minimum atomic E-state index is -0.202. The van der Waals surface area contributed by atoms with Crippen LogP contribution in [0, 0.1) is 0 Å². The molecule has 3 rings (SSSR count). The van der Waals surface area contributed by atoms with Crippen LogP contribution in [-0.2, 0) is 6.42 Å². The van der Waals surface area contributed by atoms with Crippen LogP contribution in [0.15, 0.2) is 42.5 Å². The Hall–Kier alpha value is -2.82. The van der Waals surface area contributed by atoms with Crippen LogP contribution in [0.3, 0.4) is 0 Å². The largest absolute Gasteiger partial charge is 0.490 e. The van der Waals surface area contributed by atoms with E-state index in [4.69, 9.17) is 9.47 Å². The first-order valence-electron chi connectivity index (χ1n) is 8.99. The quantitative estimate of drug-likeness (QED) is 0.679. The molecule has 5 heteroatoms. The van der Waals surface area contributed by atoms with Crippen LogP contribution < -0.4 is 9.47 Å². The van der Waals surface area contributed by atoms with E-state index in [0.29, 0.717) is 37.3 Å². The summed E-state index contributed by atoms with van der Waals surface area (Å²) in [5.41, 5.74) is 2.09. The Morgan fingerprint density at radius 2 is 1.46 bits per heavy atom. The zero-order valence-corrected chi connectivity index (χ0v) is 15.2. The molecule has 0 fully saturated rings. The van der Waals surface area contributed by atoms with Gasteiger partial charge in [-0.2, -0.15) is 0 Å². The Balaban J connectivity index is 1.63. The topological polar surface area (TPSA) is 55.8 Å². The van der Waals surface area contributed by atoms with E-state index in [1.807, 2.05) is 32.0 Å². The van der Waals surface area contributed by atoms with Gasteiger partial charge in [-0.1, -0.05) is 18.2 Å². The van der Waals surface area contributed by atoms with Gasteiger partial charge >= 0.3 is 0 Å². The second-order valence-electron chi connectivity index (χ2n) is 6.06. The number of aryl methyl sites for hydroxylation is 1. The van der Waals surface area contributed by atoms with Crippen molar-refractivity contribution in [2.75, 3.05) is 19.8 Å². The summed E-state index contributed by atoms with van der Waals surface area (Å²) in [4.78, 5) is 26.1. The highest BCUT2D eigenvalue weighted by molar-refractivity contribution is 6.21. The molecular weight excluding hydrogens is 330 g/mol. The predicted molar refractivity (Wildman–Crippen MR) is 98.9 cm³/mol. The molecule has 0 saturated heterocycles. The number of ether oxygens (including phenoxy) is 2. The Morgan fingerprint density at radius 1 is 0.846 bits per heavy atom. The Bertz CT molecular complexity index is 780. The van der Waals surface area contributed by atoms with Gasteiger partial charge in [0, 0.05) is 6.54 Å². The number of carbonyl (C=O) groups excluding carboxylic acids is 2. The molecule has 2 amide bonds. The molecular formula is C21H23NO4. The molecule has 136 valence electrons. The second-order valence-corrected chi connectivity index (χ2v) is 6.06. The second kappa shape index (κ2) is 8.04. The Morgan fingerprint density at radius 3 is 2.08 bits per heavy atom. The molecule has 2 aromatic rings. The molecule has 0 N–H and O–H groups in total. The summed E-state index contributed by atoms with van der Waals surface area (Å²) in [5.74, 6) is 1.06. The van der Waals surface area contributed by atoms with Gasteiger partial charge in [-0.05, 0) is 56.5 Å². The van der Waals surface area contributed by atoms with Crippen molar-refractivity contribution in [3.63, 3.8) is 0 Å². The summed E-state index contributed by atoms with van der Waals surface area (Å²) in [6.45, 7) is 5.43. The number of hydrogen-bond acceptors (Lipinski definition) is 4. The molecule has 1 aliphatic heterocycles. The number of nitrogens with zero attached hydrogens (tertiary/aromatic N) is 1. The number of amides is 2. The van der Waals surface area contributed by atoms with Gasteiger partial charge in [0.25, 0.3) is 11.8 Å². The van der Waals surface area contributed by atoms with E-state index in [1.165, 1.54) is 4.90 Å². The van der Waals surface area contributed by atoms with Gasteiger partial charge < -0.3 is 9.47 Å². The summed E-state index contributed by atoms with van der Waals surface area (Å²) >= 11 is 0. The molecule has 1 heterocycles. The SMILES string of the molecule is CCOc1ccc(CCCN2C(=O)c3ccccc3C2=O)cc1OCC. The molecule has 1 aliphatic rings. The smallest absolute Gasteiger partial charge is 0.261 e. The van der Waals surface area contributed by atoms with Crippen LogP contribution in [0.4, 0.5) is 0 Å². The lowest BCUT2D eigenvalue weighted by Crippen LogP contribution is -2.30. The minimum Gasteiger partial charge on any atom is -0.490 e. The molecule has 0 aliphatic carbocycles. The summed E-state index contributed by atoms with van der Waals surface area (Å²) in [7, 11) is 0. The van der Waals surface area contributed by atoms with Crippen LogP contribution in [0.5, 0.6) is 11.5 Å². The molecule has 0 aromatic heterocycles. The standard InChI is InChI=1S/C21H23NO4/c1-3-25-18-12-11-15(14-19(18)26-4-2)8-7-13-22-20(23)16-9-5-6-10-17(16)21(22)24/h5-6,9-12,14H,3-4,7-8,13H2,1-2H3. The lowest BCUT2D eigenvalue weighted by atomic mass is 10.1. The third-order valence-corrected chi connectivity index (χ3v) is 4.33. The van der Waals surface area contributed by atoms with Crippen molar-refractivity contribution in [3.05, 3.63) is 59.2 Å². The highest BCUT2D eigenvalue weighted by Crippen LogP contribution is 2.29. The van der Waals surface area contributed by atoms with Gasteiger partial charge in [-0.25, -0.2) is 0 Å². The van der Waals surface area contributed by atoms with Crippen molar-refractivity contribution in [1.29, 1.82) is 0 Å². The fraction of sp³-hybridized carbons (Fsp3) is 0.333. The summed E-state index contributed by atoms with van der Waals surface area (Å²) in [6, 6.07) is 12.8. The van der Waals surface area contributed by atoms with Crippen LogP contribution >= 0.6 is 0 Å². The van der Waals surface area contributed by atoms with Gasteiger partial charge in [-0.3, -0.25) is 14.5 Å². The molecule has 2 aromatic carbocycles. The zero-order valence-electron chi connectivity index (χ0n) is 15.2. The van der Waals surface area contributed by atoms with E-state index < -0.39 is 0 Å². The summed E-state index contributed by atoms with van der Waals surface area (Å²) < 4.78 is 11.2. The monoisotopic (exact) mass is 353 g/mol. The number of fused-ring (bicyclic) bond motifs is 1. The van der Waals surface area contributed by atoms with Crippen molar-refractivity contribution < 1.29 is 19.1 Å². The van der Waals surface area contributed by atoms with Gasteiger partial charge in [0.05, 0.1) is 24.3 Å². The first kappa shape index (κ1) is 18.0. The molecule has 0 unspecified atom stereocenters. The lowest BCUT2D eigenvalue weighted by Gasteiger charge is -2.15. The molecule has 0 atom stereocenters. The van der Waals surface area contributed by atoms with Crippen molar-refractivity contribution in [3.8, 4) is 11.5 Å². The maximum atomic E-state index is 12.4. The van der Waals surface area contributed by atoms with Gasteiger partial charge in [0.2, 0.25) is 0 Å². The number of imide groups is 1. The van der Waals surface area contributed by atoms with E-state index in [9.17, 15) is 9.59 Å². The highest BCUT2D eigenvalue weighted by Gasteiger charge is 2.34. The summed E-state index contributed by atoms with van der Waals surface area (Å²) in [5, 5.41) is 0. The van der Waals surface area contributed by atoms with E-state index >= 15 is 0 Å². The Kier molecular flexibility index (Phi) is 5.56. The van der Waals surface area contributed by atoms with Crippen LogP contribution in [0.25, 0.3) is 0 Å². The van der Waals surface area contributed by atoms with Crippen molar-refractivity contribution >= 4 is 11.8 Å². The zero-order chi connectivity index (χ0) is 18.5. The van der Waals surface area contributed by atoms with E-state index in [2.05, 4.69) is 0 Å². The van der Waals surface area contributed by atoms with Gasteiger partial charge in [0.1, 0.15) is 0 Å². The molecule has 0 radical (unpaired) electrons. The molecule has 0 saturated carbocycles. The van der Waals surface area contributed by atoms with Crippen LogP contribution in [0.2, 0.25) is 0 Å². The van der Waals surface area contributed by atoms with E-state index in [0.717, 1.165) is 23.5 Å². The maximum Gasteiger partial charge on any atom is 0.261 e. The average Bonchev–Trinajstić information content (AvgIpc) is 2.89. The normalized spacial score (nSPS) is 13.1. The molecule has 0 bridgehead atoms. The number of rotatable bonds is 8. The minimum absolute atomic E-state index is 0.202. The van der Waals surface area contributed by atoms with E-state index in [1.54, 1.807) is 24.3 Å². The third kappa shape index (κ3) is 3.57. The van der Waals surface area contributed by atoms with Crippen molar-refractivity contribution in [2.24, 2.45) is 0 Å². The number of hydrogen-bond donors (Lipinski definition) is 0. The fourth-order valence-corrected chi connectivity index (χ4v) is 3.13. The molecule has 5 nitrogen and oxygen atoms in total. The van der Waals surface area contributed by atoms with Gasteiger partial charge in [-0.15, -0.1) is 0 Å². The highest BCUT2D eigenvalue weighted by atomic mass is 16.5. The fourth-order valence-electron chi connectivity index (χ4n) is 3.13. The predicted octanol–water partition coefficient (Wildman–Crippen LogP) is 3.71. The van der Waals surface area contributed by atoms with Crippen molar-refractivity contribution in [1.82, 2.24) is 4.90 Å². The Labute approximate surface area is 153 Å². The summed E-state index contributed by atoms with van der Waals surface area (Å²) in [6.07, 6.45) is 1.45. The third-order valence-electron chi connectivity index (χ3n) is 4.33. The van der Waals surface area contributed by atoms with Crippen molar-refractivity contribution in [2.45, 2.75) is 26.7 Å². The first-order chi connectivity index (χ1) is 12.7. The maximum absolute atomic E-state index is 12.4. The molecule has 0 spiro atoms. The molecule has 26 heavy (non-hydrogen) atoms. The lowest BCUT2D eigenvalue weighted by molar-refractivity contribution is 0.0652. The van der Waals surface area contributed by atoms with E-state index in [-0.39, 0.29) is 11.8 Å². The van der Waals surface area contributed by atoms with Gasteiger partial charge in [0.15, 0.2) is 11.5 Å². The first-order valence-corrected chi connectivity index (χ1v) is 8.99.